The number of carbonyl (C=O) groups is 3. The van der Waals surface area contributed by atoms with Crippen LogP contribution in [0.5, 0.6) is 0 Å². The fourth-order valence-electron chi connectivity index (χ4n) is 11.5. The fourth-order valence-corrected chi connectivity index (χ4v) is 11.5. The summed E-state index contributed by atoms with van der Waals surface area (Å²) in [5.74, 6) is -0.841. The molecule has 0 aromatic carbocycles. The third-order valence-corrected chi connectivity index (χ3v) is 17.0. The Hall–Kier alpha value is -1.85. The molecule has 0 fully saturated rings. The highest BCUT2D eigenvalue weighted by Crippen LogP contribution is 2.20. The van der Waals surface area contributed by atoms with Gasteiger partial charge in [0.1, 0.15) is 13.2 Å². The molecule has 0 aromatic heterocycles. The summed E-state index contributed by atoms with van der Waals surface area (Å²) in [6, 6.07) is 0. The van der Waals surface area contributed by atoms with Gasteiger partial charge < -0.3 is 14.2 Å². The maximum atomic E-state index is 12.9. The minimum absolute atomic E-state index is 0.0658. The van der Waals surface area contributed by atoms with Crippen LogP contribution in [0.3, 0.4) is 0 Å². The van der Waals surface area contributed by atoms with Crippen molar-refractivity contribution < 1.29 is 28.6 Å². The maximum Gasteiger partial charge on any atom is 0.306 e. The Morgan fingerprint density at radius 2 is 0.425 bits per heavy atom. The van der Waals surface area contributed by atoms with E-state index in [9.17, 15) is 14.4 Å². The van der Waals surface area contributed by atoms with Crippen LogP contribution in [0.1, 0.15) is 425 Å². The van der Waals surface area contributed by atoms with Gasteiger partial charge in [-0.2, -0.15) is 0 Å². The van der Waals surface area contributed by atoms with Crippen molar-refractivity contribution in [3.05, 3.63) is 12.2 Å². The van der Waals surface area contributed by atoms with Crippen molar-refractivity contribution in [2.75, 3.05) is 13.2 Å². The molecule has 6 nitrogen and oxygen atoms in total. The highest BCUT2D eigenvalue weighted by Gasteiger charge is 2.20. The molecule has 474 valence electrons. The van der Waals surface area contributed by atoms with Gasteiger partial charge >= 0.3 is 17.9 Å². The summed E-state index contributed by atoms with van der Waals surface area (Å²) in [6.45, 7) is 6.69. The molecule has 0 rings (SSSR count). The lowest BCUT2D eigenvalue weighted by atomic mass is 10.0. The van der Waals surface area contributed by atoms with E-state index in [1.807, 2.05) is 0 Å². The average Bonchev–Trinajstić information content (AvgIpc) is 3.46. The number of esters is 3. The molecule has 0 aliphatic heterocycles. The van der Waals surface area contributed by atoms with Crippen molar-refractivity contribution in [1.82, 2.24) is 0 Å². The zero-order valence-corrected chi connectivity index (χ0v) is 54.6. The molecule has 0 saturated carbocycles. The van der Waals surface area contributed by atoms with Gasteiger partial charge in [-0.1, -0.05) is 380 Å². The second kappa shape index (κ2) is 69.6. The van der Waals surface area contributed by atoms with Crippen molar-refractivity contribution in [1.29, 1.82) is 0 Å². The second-order valence-corrected chi connectivity index (χ2v) is 25.2. The summed E-state index contributed by atoms with van der Waals surface area (Å²) in [7, 11) is 0. The van der Waals surface area contributed by atoms with Gasteiger partial charge in [0.2, 0.25) is 0 Å². The van der Waals surface area contributed by atoms with Gasteiger partial charge in [0.15, 0.2) is 6.10 Å². The molecule has 1 atom stereocenters. The van der Waals surface area contributed by atoms with E-state index in [0.717, 1.165) is 64.2 Å². The first kappa shape index (κ1) is 78.1. The predicted octanol–water partition coefficient (Wildman–Crippen LogP) is 25.2. The molecule has 0 spiro atoms. The van der Waals surface area contributed by atoms with Gasteiger partial charge in [0.05, 0.1) is 0 Å². The molecule has 0 heterocycles. The molecule has 0 radical (unpaired) electrons. The van der Waals surface area contributed by atoms with E-state index in [1.165, 1.54) is 321 Å². The highest BCUT2D eigenvalue weighted by atomic mass is 16.6. The SMILES string of the molecule is CCCC/C=C\CCCCCCCC(=O)OCC(COC(=O)CCCCCCCCCCCCCCCCCCCCCCCCCCCCCC)OC(=O)CCCCCCCCCCCCCCCCCCCCCCCCC. The molecule has 1 unspecified atom stereocenters. The van der Waals surface area contributed by atoms with Crippen molar-refractivity contribution in [3.63, 3.8) is 0 Å². The summed E-state index contributed by atoms with van der Waals surface area (Å²) in [6.07, 6.45) is 84.1. The van der Waals surface area contributed by atoms with Gasteiger partial charge in [-0.3, -0.25) is 14.4 Å². The topological polar surface area (TPSA) is 78.9 Å². The van der Waals surface area contributed by atoms with Gasteiger partial charge in [-0.05, 0) is 38.5 Å². The Kier molecular flexibility index (Phi) is 68.0. The number of carbonyl (C=O) groups excluding carboxylic acids is 3. The summed E-state index contributed by atoms with van der Waals surface area (Å²) in [4.78, 5) is 38.4. The second-order valence-electron chi connectivity index (χ2n) is 25.2. The van der Waals surface area contributed by atoms with Crippen LogP contribution in [-0.4, -0.2) is 37.2 Å². The van der Waals surface area contributed by atoms with Crippen molar-refractivity contribution in [3.8, 4) is 0 Å². The Labute approximate surface area is 501 Å². The Balaban J connectivity index is 4.11. The van der Waals surface area contributed by atoms with Crippen LogP contribution in [0.15, 0.2) is 12.2 Å². The first-order valence-corrected chi connectivity index (χ1v) is 36.7. The molecule has 0 aromatic rings. The molecular weight excluding hydrogens is 985 g/mol. The highest BCUT2D eigenvalue weighted by molar-refractivity contribution is 5.71. The van der Waals surface area contributed by atoms with Gasteiger partial charge in [-0.25, -0.2) is 0 Å². The van der Waals surface area contributed by atoms with Gasteiger partial charge in [-0.15, -0.1) is 0 Å². The quantitative estimate of drug-likeness (QED) is 0.0261. The number of ether oxygens (including phenoxy) is 3. The van der Waals surface area contributed by atoms with E-state index >= 15 is 0 Å². The molecule has 0 saturated heterocycles. The lowest BCUT2D eigenvalue weighted by Crippen LogP contribution is -2.30. The summed E-state index contributed by atoms with van der Waals surface area (Å²) < 4.78 is 17.0. The van der Waals surface area contributed by atoms with Crippen molar-refractivity contribution in [2.24, 2.45) is 0 Å². The number of hydrogen-bond acceptors (Lipinski definition) is 6. The van der Waals surface area contributed by atoms with E-state index in [2.05, 4.69) is 32.9 Å². The molecule has 0 amide bonds. The molecule has 80 heavy (non-hydrogen) atoms. The number of hydrogen-bond donors (Lipinski definition) is 0. The first-order valence-electron chi connectivity index (χ1n) is 36.7. The van der Waals surface area contributed by atoms with E-state index in [-0.39, 0.29) is 31.1 Å². The Morgan fingerprint density at radius 3 is 0.662 bits per heavy atom. The third kappa shape index (κ3) is 66.9. The minimum atomic E-state index is -0.769. The molecule has 6 heteroatoms. The van der Waals surface area contributed by atoms with Crippen molar-refractivity contribution in [2.45, 2.75) is 431 Å². The summed E-state index contributed by atoms with van der Waals surface area (Å²) in [5.41, 5.74) is 0. The average molecular weight is 1130 g/mol. The number of rotatable bonds is 69. The monoisotopic (exact) mass is 1130 g/mol. The largest absolute Gasteiger partial charge is 0.462 e. The first-order chi connectivity index (χ1) is 39.5. The van der Waals surface area contributed by atoms with Crippen LogP contribution in [0.4, 0.5) is 0 Å². The van der Waals surface area contributed by atoms with Crippen LogP contribution in [-0.2, 0) is 28.6 Å². The summed E-state index contributed by atoms with van der Waals surface area (Å²) in [5, 5.41) is 0. The van der Waals surface area contributed by atoms with Crippen LogP contribution in [0.2, 0.25) is 0 Å². The third-order valence-electron chi connectivity index (χ3n) is 17.0. The normalized spacial score (nSPS) is 12.0. The summed E-state index contributed by atoms with van der Waals surface area (Å²) >= 11 is 0. The van der Waals surface area contributed by atoms with Gasteiger partial charge in [0.25, 0.3) is 0 Å². The fraction of sp³-hybridized carbons (Fsp3) is 0.932. The zero-order valence-electron chi connectivity index (χ0n) is 54.6. The molecule has 0 N–H and O–H groups in total. The standard InChI is InChI=1S/C74H142O6/c1-4-7-10-13-16-19-22-24-26-28-30-32-34-35-36-37-38-40-41-43-45-47-49-52-55-58-61-64-67-73(76)79-70-71(69-78-72(75)66-63-60-57-54-51-21-18-15-12-9-6-3)80-74(77)68-65-62-59-56-53-50-48-46-44-42-39-33-31-29-27-25-23-20-17-14-11-8-5-2/h15,18,71H,4-14,16-17,19-70H2,1-3H3/b18-15-. The van der Waals surface area contributed by atoms with E-state index in [1.54, 1.807) is 0 Å². The van der Waals surface area contributed by atoms with E-state index in [4.69, 9.17) is 14.2 Å². The Morgan fingerprint density at radius 1 is 0.237 bits per heavy atom. The van der Waals surface area contributed by atoms with Crippen LogP contribution >= 0.6 is 0 Å². The predicted molar refractivity (Wildman–Crippen MR) is 349 cm³/mol. The van der Waals surface area contributed by atoms with Crippen LogP contribution in [0, 0.1) is 0 Å². The lowest BCUT2D eigenvalue weighted by molar-refractivity contribution is -0.167. The molecule has 0 aliphatic rings. The Bertz CT molecular complexity index is 1250. The van der Waals surface area contributed by atoms with E-state index < -0.39 is 6.10 Å². The van der Waals surface area contributed by atoms with Crippen molar-refractivity contribution >= 4 is 17.9 Å². The smallest absolute Gasteiger partial charge is 0.306 e. The van der Waals surface area contributed by atoms with Crippen LogP contribution < -0.4 is 0 Å². The molecular formula is C74H142O6. The number of allylic oxidation sites excluding steroid dienone is 2. The lowest BCUT2D eigenvalue weighted by Gasteiger charge is -2.18. The maximum absolute atomic E-state index is 12.9. The molecule has 0 aliphatic carbocycles. The zero-order chi connectivity index (χ0) is 57.8. The van der Waals surface area contributed by atoms with Gasteiger partial charge in [0, 0.05) is 19.3 Å². The minimum Gasteiger partial charge on any atom is -0.462 e. The number of unbranched alkanes of at least 4 members (excludes halogenated alkanes) is 56. The molecule has 0 bridgehead atoms. The van der Waals surface area contributed by atoms with Crippen LogP contribution in [0.25, 0.3) is 0 Å². The van der Waals surface area contributed by atoms with E-state index in [0.29, 0.717) is 19.3 Å².